The Bertz CT molecular complexity index is 403. The van der Waals surface area contributed by atoms with Gasteiger partial charge in [0.25, 0.3) is 0 Å². The molecule has 0 spiro atoms. The summed E-state index contributed by atoms with van der Waals surface area (Å²) in [4.78, 5) is 11.4. The van der Waals surface area contributed by atoms with Crippen molar-refractivity contribution in [1.29, 1.82) is 0 Å². The van der Waals surface area contributed by atoms with Crippen LogP contribution in [0, 0.1) is 6.92 Å². The first-order valence-corrected chi connectivity index (χ1v) is 5.25. The van der Waals surface area contributed by atoms with Gasteiger partial charge in [0.15, 0.2) is 0 Å². The molecular weight excluding hydrogens is 244 g/mol. The second-order valence-corrected chi connectivity index (χ2v) is 4.38. The topological polar surface area (TPSA) is 41.1 Å². The van der Waals surface area contributed by atoms with Crippen LogP contribution in [-0.2, 0) is 4.79 Å². The zero-order chi connectivity index (χ0) is 10.3. The highest BCUT2D eigenvalue weighted by molar-refractivity contribution is 9.10. The van der Waals surface area contributed by atoms with Crippen LogP contribution in [0.15, 0.2) is 16.6 Å². The number of carbonyl (C=O) groups excluding carboxylic acids is 1. The first-order chi connectivity index (χ1) is 6.58. The van der Waals surface area contributed by atoms with Crippen molar-refractivity contribution >= 4 is 33.2 Å². The Morgan fingerprint density at radius 1 is 1.43 bits per heavy atom. The average Bonchev–Trinajstić information content (AvgIpc) is 2.08. The Balaban J connectivity index is 2.51. The zero-order valence-electron chi connectivity index (χ0n) is 8.02. The number of rotatable bonds is 0. The van der Waals surface area contributed by atoms with Crippen LogP contribution in [0.4, 0.5) is 11.4 Å². The van der Waals surface area contributed by atoms with Crippen LogP contribution in [0.5, 0.6) is 0 Å². The van der Waals surface area contributed by atoms with E-state index in [1.165, 1.54) is 0 Å². The second kappa shape index (κ2) is 3.28. The standard InChI is InChI=1S/C10H11BrN2O/c1-5-3-7(11)9-8(4-5)12-6(2)10(14)13-9/h3-4,6,12H,1-2H3,(H,13,14). The molecule has 0 bridgehead atoms. The molecule has 1 unspecified atom stereocenters. The number of halogens is 1. The van der Waals surface area contributed by atoms with Gasteiger partial charge in [-0.1, -0.05) is 0 Å². The molecule has 0 fully saturated rings. The number of fused-ring (bicyclic) bond motifs is 1. The third kappa shape index (κ3) is 1.50. The van der Waals surface area contributed by atoms with Crippen LogP contribution in [0.1, 0.15) is 12.5 Å². The van der Waals surface area contributed by atoms with E-state index in [1.54, 1.807) is 0 Å². The second-order valence-electron chi connectivity index (χ2n) is 3.52. The normalized spacial score (nSPS) is 19.6. The SMILES string of the molecule is Cc1cc(Br)c2c(c1)NC(C)C(=O)N2. The minimum atomic E-state index is -0.170. The highest BCUT2D eigenvalue weighted by Crippen LogP contribution is 2.35. The molecule has 2 rings (SSSR count). The largest absolute Gasteiger partial charge is 0.372 e. The Kier molecular flexibility index (Phi) is 2.23. The van der Waals surface area contributed by atoms with E-state index >= 15 is 0 Å². The van der Waals surface area contributed by atoms with Crippen molar-refractivity contribution in [2.75, 3.05) is 10.6 Å². The molecule has 4 heteroatoms. The molecule has 3 nitrogen and oxygen atoms in total. The zero-order valence-corrected chi connectivity index (χ0v) is 9.60. The van der Waals surface area contributed by atoms with Gasteiger partial charge < -0.3 is 10.6 Å². The lowest BCUT2D eigenvalue weighted by atomic mass is 10.1. The number of carbonyl (C=O) groups is 1. The average molecular weight is 255 g/mol. The summed E-state index contributed by atoms with van der Waals surface area (Å²) in [7, 11) is 0. The van der Waals surface area contributed by atoms with Crippen LogP contribution in [-0.4, -0.2) is 11.9 Å². The van der Waals surface area contributed by atoms with E-state index in [0.29, 0.717) is 0 Å². The summed E-state index contributed by atoms with van der Waals surface area (Å²) in [6, 6.07) is 3.84. The Hall–Kier alpha value is -1.03. The molecule has 1 amide bonds. The minimum Gasteiger partial charge on any atom is -0.372 e. The van der Waals surface area contributed by atoms with Gasteiger partial charge in [0.1, 0.15) is 6.04 Å². The number of hydrogen-bond acceptors (Lipinski definition) is 2. The third-order valence-electron chi connectivity index (χ3n) is 2.25. The first kappa shape index (κ1) is 9.52. The fourth-order valence-corrected chi connectivity index (χ4v) is 2.19. The van der Waals surface area contributed by atoms with E-state index in [9.17, 15) is 4.79 Å². The Morgan fingerprint density at radius 3 is 2.86 bits per heavy atom. The first-order valence-electron chi connectivity index (χ1n) is 4.45. The quantitative estimate of drug-likeness (QED) is 0.747. The molecule has 1 atom stereocenters. The Labute approximate surface area is 91.0 Å². The lowest BCUT2D eigenvalue weighted by Crippen LogP contribution is -2.36. The van der Waals surface area contributed by atoms with Gasteiger partial charge in [0, 0.05) is 4.47 Å². The summed E-state index contributed by atoms with van der Waals surface area (Å²) in [5.74, 6) is 0.00190. The van der Waals surface area contributed by atoms with E-state index < -0.39 is 0 Å². The summed E-state index contributed by atoms with van der Waals surface area (Å²) in [6.07, 6.45) is 0. The maximum Gasteiger partial charge on any atom is 0.246 e. The van der Waals surface area contributed by atoms with Crippen LogP contribution < -0.4 is 10.6 Å². The molecule has 1 aliphatic rings. The maximum atomic E-state index is 11.4. The molecule has 14 heavy (non-hydrogen) atoms. The van der Waals surface area contributed by atoms with Gasteiger partial charge in [-0.05, 0) is 47.5 Å². The van der Waals surface area contributed by atoms with E-state index in [-0.39, 0.29) is 11.9 Å². The Morgan fingerprint density at radius 2 is 2.14 bits per heavy atom. The fraction of sp³-hybridized carbons (Fsp3) is 0.300. The fourth-order valence-electron chi connectivity index (χ4n) is 1.51. The molecule has 74 valence electrons. The van der Waals surface area contributed by atoms with Crippen molar-refractivity contribution in [3.05, 3.63) is 22.2 Å². The molecule has 2 N–H and O–H groups in total. The van der Waals surface area contributed by atoms with Crippen LogP contribution in [0.2, 0.25) is 0 Å². The molecule has 0 saturated heterocycles. The smallest absolute Gasteiger partial charge is 0.246 e. The number of benzene rings is 1. The van der Waals surface area contributed by atoms with Gasteiger partial charge >= 0.3 is 0 Å². The molecule has 0 radical (unpaired) electrons. The number of hydrogen-bond donors (Lipinski definition) is 2. The van der Waals surface area contributed by atoms with E-state index in [4.69, 9.17) is 0 Å². The predicted octanol–water partition coefficient (Wildman–Crippen LogP) is 2.51. The van der Waals surface area contributed by atoms with Gasteiger partial charge in [-0.2, -0.15) is 0 Å². The molecule has 1 aliphatic heterocycles. The molecule has 0 saturated carbocycles. The van der Waals surface area contributed by atoms with Crippen molar-refractivity contribution in [2.24, 2.45) is 0 Å². The predicted molar refractivity (Wildman–Crippen MR) is 60.6 cm³/mol. The van der Waals surface area contributed by atoms with Crippen molar-refractivity contribution < 1.29 is 4.79 Å². The molecular formula is C10H11BrN2O. The molecule has 1 aromatic carbocycles. The third-order valence-corrected chi connectivity index (χ3v) is 2.87. The lowest BCUT2D eigenvalue weighted by Gasteiger charge is -2.25. The summed E-state index contributed by atoms with van der Waals surface area (Å²) in [5.41, 5.74) is 2.97. The maximum absolute atomic E-state index is 11.4. The molecule has 1 aromatic rings. The molecule has 0 aliphatic carbocycles. The van der Waals surface area contributed by atoms with Gasteiger partial charge in [0.05, 0.1) is 11.4 Å². The van der Waals surface area contributed by atoms with Gasteiger partial charge in [0.2, 0.25) is 5.91 Å². The monoisotopic (exact) mass is 254 g/mol. The highest BCUT2D eigenvalue weighted by atomic mass is 79.9. The van der Waals surface area contributed by atoms with Gasteiger partial charge in [-0.3, -0.25) is 4.79 Å². The van der Waals surface area contributed by atoms with Crippen molar-refractivity contribution in [3.63, 3.8) is 0 Å². The number of aryl methyl sites for hydroxylation is 1. The number of nitrogens with one attached hydrogen (secondary N) is 2. The van der Waals surface area contributed by atoms with Crippen LogP contribution in [0.25, 0.3) is 0 Å². The van der Waals surface area contributed by atoms with Crippen LogP contribution in [0.3, 0.4) is 0 Å². The summed E-state index contributed by atoms with van der Waals surface area (Å²) < 4.78 is 0.917. The summed E-state index contributed by atoms with van der Waals surface area (Å²) >= 11 is 3.43. The summed E-state index contributed by atoms with van der Waals surface area (Å²) in [6.45, 7) is 3.86. The van der Waals surface area contributed by atoms with Crippen molar-refractivity contribution in [2.45, 2.75) is 19.9 Å². The van der Waals surface area contributed by atoms with Gasteiger partial charge in [-0.15, -0.1) is 0 Å². The van der Waals surface area contributed by atoms with Crippen molar-refractivity contribution in [3.8, 4) is 0 Å². The lowest BCUT2D eigenvalue weighted by molar-refractivity contribution is -0.116. The minimum absolute atomic E-state index is 0.00190. The van der Waals surface area contributed by atoms with E-state index in [1.807, 2.05) is 26.0 Å². The molecule has 0 aromatic heterocycles. The van der Waals surface area contributed by atoms with E-state index in [2.05, 4.69) is 26.6 Å². The number of amides is 1. The van der Waals surface area contributed by atoms with Crippen molar-refractivity contribution in [1.82, 2.24) is 0 Å². The summed E-state index contributed by atoms with van der Waals surface area (Å²) in [5, 5.41) is 6.01. The van der Waals surface area contributed by atoms with Crippen LogP contribution >= 0.6 is 15.9 Å². The highest BCUT2D eigenvalue weighted by Gasteiger charge is 2.22. The van der Waals surface area contributed by atoms with E-state index in [0.717, 1.165) is 21.4 Å². The number of anilines is 2. The molecule has 1 heterocycles. The van der Waals surface area contributed by atoms with Gasteiger partial charge in [-0.25, -0.2) is 0 Å².